The van der Waals surface area contributed by atoms with Gasteiger partial charge in [-0.3, -0.25) is 0 Å². The van der Waals surface area contributed by atoms with Crippen LogP contribution in [0.3, 0.4) is 0 Å². The Morgan fingerprint density at radius 3 is 2.42 bits per heavy atom. The van der Waals surface area contributed by atoms with Crippen LogP contribution in [0, 0.1) is 11.6 Å². The fourth-order valence-electron chi connectivity index (χ4n) is 1.77. The van der Waals surface area contributed by atoms with Gasteiger partial charge in [0.1, 0.15) is 11.6 Å². The number of halogens is 4. The van der Waals surface area contributed by atoms with Crippen LogP contribution < -0.4 is 5.32 Å². The van der Waals surface area contributed by atoms with Crippen LogP contribution in [0.25, 0.3) is 0 Å². The molecule has 100 valence electrons. The van der Waals surface area contributed by atoms with Crippen LogP contribution >= 0.6 is 23.2 Å². The largest absolute Gasteiger partial charge is 0.376 e. The number of anilines is 1. The molecule has 1 N–H and O–H groups in total. The predicted molar refractivity (Wildman–Crippen MR) is 74.9 cm³/mol. The summed E-state index contributed by atoms with van der Waals surface area (Å²) in [5, 5.41) is 3.98. The Kier molecular flexibility index (Phi) is 4.27. The molecule has 0 heterocycles. The molecule has 2 aromatic rings. The number of benzene rings is 2. The van der Waals surface area contributed by atoms with Gasteiger partial charge in [-0.25, -0.2) is 8.78 Å². The Balaban J connectivity index is 2.23. The molecule has 1 unspecified atom stereocenters. The zero-order valence-corrected chi connectivity index (χ0v) is 11.6. The van der Waals surface area contributed by atoms with E-state index in [1.54, 1.807) is 18.2 Å². The maximum Gasteiger partial charge on any atom is 0.149 e. The van der Waals surface area contributed by atoms with E-state index in [1.807, 2.05) is 6.92 Å². The summed E-state index contributed by atoms with van der Waals surface area (Å²) < 4.78 is 26.3. The number of hydrogen-bond donors (Lipinski definition) is 1. The van der Waals surface area contributed by atoms with Crippen molar-refractivity contribution >= 4 is 28.9 Å². The van der Waals surface area contributed by atoms with Gasteiger partial charge in [0.15, 0.2) is 0 Å². The van der Waals surface area contributed by atoms with Crippen LogP contribution in [0.1, 0.15) is 18.5 Å². The summed E-state index contributed by atoms with van der Waals surface area (Å²) in [5.41, 5.74) is 1.01. The second-order valence-electron chi connectivity index (χ2n) is 4.16. The molecule has 0 saturated carbocycles. The highest BCUT2D eigenvalue weighted by molar-refractivity contribution is 6.35. The fraction of sp³-hybridized carbons (Fsp3) is 0.143. The maximum absolute atomic E-state index is 13.5. The third-order valence-corrected chi connectivity index (χ3v) is 3.29. The smallest absolute Gasteiger partial charge is 0.149 e. The van der Waals surface area contributed by atoms with Crippen LogP contribution in [0.2, 0.25) is 10.0 Å². The summed E-state index contributed by atoms with van der Waals surface area (Å²) in [4.78, 5) is 0. The molecule has 0 bridgehead atoms. The second-order valence-corrected chi connectivity index (χ2v) is 5.00. The van der Waals surface area contributed by atoms with Crippen molar-refractivity contribution in [2.45, 2.75) is 13.0 Å². The Hall–Kier alpha value is -1.32. The fourth-order valence-corrected chi connectivity index (χ4v) is 2.34. The molecule has 5 heteroatoms. The third kappa shape index (κ3) is 3.37. The Morgan fingerprint density at radius 1 is 1.05 bits per heavy atom. The molecule has 2 aromatic carbocycles. The van der Waals surface area contributed by atoms with Crippen molar-refractivity contribution in [3.05, 3.63) is 63.6 Å². The molecule has 1 atom stereocenters. The molecular weight excluding hydrogens is 291 g/mol. The molecule has 0 aliphatic rings. The minimum atomic E-state index is -0.642. The Labute approximate surface area is 120 Å². The van der Waals surface area contributed by atoms with Gasteiger partial charge >= 0.3 is 0 Å². The van der Waals surface area contributed by atoms with Gasteiger partial charge in [-0.1, -0.05) is 29.3 Å². The molecule has 0 aliphatic carbocycles. The lowest BCUT2D eigenvalue weighted by Gasteiger charge is -2.17. The first-order valence-electron chi connectivity index (χ1n) is 5.64. The van der Waals surface area contributed by atoms with E-state index in [2.05, 4.69) is 5.32 Å². The summed E-state index contributed by atoms with van der Waals surface area (Å²) in [6.45, 7) is 1.83. The van der Waals surface area contributed by atoms with E-state index in [9.17, 15) is 8.78 Å². The molecule has 0 fully saturated rings. The van der Waals surface area contributed by atoms with Gasteiger partial charge in [-0.05, 0) is 36.8 Å². The van der Waals surface area contributed by atoms with E-state index in [4.69, 9.17) is 23.2 Å². The average Bonchev–Trinajstić information content (AvgIpc) is 2.32. The lowest BCUT2D eigenvalue weighted by Crippen LogP contribution is -2.08. The topological polar surface area (TPSA) is 12.0 Å². The molecule has 1 nitrogen and oxygen atoms in total. The van der Waals surface area contributed by atoms with Crippen LogP contribution in [0.5, 0.6) is 0 Å². The van der Waals surface area contributed by atoms with Gasteiger partial charge < -0.3 is 5.32 Å². The highest BCUT2D eigenvalue weighted by Gasteiger charge is 2.12. The Bertz CT molecular complexity index is 602. The summed E-state index contributed by atoms with van der Waals surface area (Å²) in [6, 6.07) is 8.25. The summed E-state index contributed by atoms with van der Waals surface area (Å²) >= 11 is 11.9. The van der Waals surface area contributed by atoms with E-state index < -0.39 is 11.6 Å². The van der Waals surface area contributed by atoms with E-state index in [0.717, 1.165) is 11.6 Å². The van der Waals surface area contributed by atoms with Gasteiger partial charge in [0.2, 0.25) is 0 Å². The maximum atomic E-state index is 13.5. The minimum Gasteiger partial charge on any atom is -0.376 e. The molecule has 19 heavy (non-hydrogen) atoms. The second kappa shape index (κ2) is 5.76. The van der Waals surface area contributed by atoms with Crippen LogP contribution in [-0.4, -0.2) is 0 Å². The van der Waals surface area contributed by atoms with Gasteiger partial charge in [0.25, 0.3) is 0 Å². The molecule has 0 aliphatic heterocycles. The zero-order valence-electron chi connectivity index (χ0n) is 10.1. The first-order chi connectivity index (χ1) is 8.97. The van der Waals surface area contributed by atoms with E-state index in [1.165, 1.54) is 12.1 Å². The van der Waals surface area contributed by atoms with Gasteiger partial charge in [-0.15, -0.1) is 0 Å². The van der Waals surface area contributed by atoms with Crippen molar-refractivity contribution in [3.8, 4) is 0 Å². The lowest BCUT2D eigenvalue weighted by atomic mass is 10.1. The average molecular weight is 302 g/mol. The number of rotatable bonds is 3. The zero-order chi connectivity index (χ0) is 14.0. The monoisotopic (exact) mass is 301 g/mol. The standard InChI is InChI=1S/C14H11Cl2F2N/c1-8(11-4-2-9(15)6-12(11)16)19-14-5-3-10(17)7-13(14)18/h2-8,19H,1H3. The lowest BCUT2D eigenvalue weighted by molar-refractivity contribution is 0.584. The molecule has 0 amide bonds. The predicted octanol–water partition coefficient (Wildman–Crippen LogP) is 5.44. The van der Waals surface area contributed by atoms with E-state index in [-0.39, 0.29) is 11.7 Å². The van der Waals surface area contributed by atoms with E-state index in [0.29, 0.717) is 10.0 Å². The molecule has 0 radical (unpaired) electrons. The van der Waals surface area contributed by atoms with Crippen molar-refractivity contribution in [2.24, 2.45) is 0 Å². The van der Waals surface area contributed by atoms with Crippen LogP contribution in [0.4, 0.5) is 14.5 Å². The first kappa shape index (κ1) is 14.1. The number of hydrogen-bond acceptors (Lipinski definition) is 1. The SMILES string of the molecule is CC(Nc1ccc(F)cc1F)c1ccc(Cl)cc1Cl. The van der Waals surface area contributed by atoms with Crippen molar-refractivity contribution in [3.63, 3.8) is 0 Å². The highest BCUT2D eigenvalue weighted by atomic mass is 35.5. The highest BCUT2D eigenvalue weighted by Crippen LogP contribution is 2.29. The molecule has 0 spiro atoms. The van der Waals surface area contributed by atoms with Crippen LogP contribution in [0.15, 0.2) is 36.4 Å². The number of nitrogens with one attached hydrogen (secondary N) is 1. The van der Waals surface area contributed by atoms with Gasteiger partial charge in [0.05, 0.1) is 11.7 Å². The minimum absolute atomic E-state index is 0.222. The van der Waals surface area contributed by atoms with E-state index >= 15 is 0 Å². The summed E-state index contributed by atoms with van der Waals surface area (Å²) in [5.74, 6) is -1.25. The summed E-state index contributed by atoms with van der Waals surface area (Å²) in [7, 11) is 0. The first-order valence-corrected chi connectivity index (χ1v) is 6.39. The van der Waals surface area contributed by atoms with Crippen molar-refractivity contribution in [2.75, 3.05) is 5.32 Å². The van der Waals surface area contributed by atoms with Crippen molar-refractivity contribution in [1.29, 1.82) is 0 Å². The summed E-state index contributed by atoms with van der Waals surface area (Å²) in [6.07, 6.45) is 0. The Morgan fingerprint density at radius 2 is 1.79 bits per heavy atom. The normalized spacial score (nSPS) is 12.3. The van der Waals surface area contributed by atoms with Crippen molar-refractivity contribution < 1.29 is 8.78 Å². The van der Waals surface area contributed by atoms with Gasteiger partial charge in [-0.2, -0.15) is 0 Å². The molecule has 0 saturated heterocycles. The van der Waals surface area contributed by atoms with Crippen molar-refractivity contribution in [1.82, 2.24) is 0 Å². The van der Waals surface area contributed by atoms with Gasteiger partial charge in [0, 0.05) is 16.1 Å². The van der Waals surface area contributed by atoms with Crippen LogP contribution in [-0.2, 0) is 0 Å². The third-order valence-electron chi connectivity index (χ3n) is 2.73. The quantitative estimate of drug-likeness (QED) is 0.795. The molecule has 0 aromatic heterocycles. The molecular formula is C14H11Cl2F2N. The molecule has 2 rings (SSSR count).